The minimum Gasteiger partial charge on any atom is -0.327 e. The largest absolute Gasteiger partial charge is 0.327 e. The van der Waals surface area contributed by atoms with Crippen LogP contribution >= 0.6 is 0 Å². The molecule has 1 aliphatic heterocycles. The summed E-state index contributed by atoms with van der Waals surface area (Å²) in [6.07, 6.45) is 1.93. The molecule has 1 aliphatic carbocycles. The molecular formula is C15H23N3O4S2. The quantitative estimate of drug-likeness (QED) is 0.727. The van der Waals surface area contributed by atoms with E-state index in [1.54, 1.807) is 18.2 Å². The Bertz CT molecular complexity index is 780. The first-order valence-electron chi connectivity index (χ1n) is 8.08. The third-order valence-corrected chi connectivity index (χ3v) is 8.26. The van der Waals surface area contributed by atoms with Crippen LogP contribution in [-0.2, 0) is 20.0 Å². The molecule has 1 aromatic rings. The number of nitrogens with two attached hydrogens (primary N) is 1. The lowest BCUT2D eigenvalue weighted by Crippen LogP contribution is -2.38. The third kappa shape index (κ3) is 3.65. The number of fused-ring (bicyclic) bond motifs is 1. The summed E-state index contributed by atoms with van der Waals surface area (Å²) in [6, 6.07) is 7.99. The van der Waals surface area contributed by atoms with Crippen LogP contribution in [0.1, 0.15) is 12.8 Å². The van der Waals surface area contributed by atoms with Gasteiger partial charge in [-0.3, -0.25) is 0 Å². The highest BCUT2D eigenvalue weighted by Gasteiger charge is 2.44. The summed E-state index contributed by atoms with van der Waals surface area (Å²) in [5.74, 6) is 0.338. The van der Waals surface area contributed by atoms with E-state index in [2.05, 4.69) is 4.72 Å². The van der Waals surface area contributed by atoms with Crippen molar-refractivity contribution in [2.45, 2.75) is 23.8 Å². The van der Waals surface area contributed by atoms with E-state index in [4.69, 9.17) is 5.73 Å². The fourth-order valence-electron chi connectivity index (χ4n) is 3.61. The summed E-state index contributed by atoms with van der Waals surface area (Å²) < 4.78 is 52.9. The summed E-state index contributed by atoms with van der Waals surface area (Å²) in [7, 11) is -7.16. The summed E-state index contributed by atoms with van der Waals surface area (Å²) in [4.78, 5) is 0.129. The molecule has 0 aromatic heterocycles. The van der Waals surface area contributed by atoms with Crippen LogP contribution in [0.5, 0.6) is 0 Å². The van der Waals surface area contributed by atoms with Crippen molar-refractivity contribution in [2.24, 2.45) is 17.6 Å². The molecule has 1 heterocycles. The lowest BCUT2D eigenvalue weighted by atomic mass is 9.98. The molecule has 3 atom stereocenters. The van der Waals surface area contributed by atoms with Crippen molar-refractivity contribution in [1.82, 2.24) is 9.03 Å². The van der Waals surface area contributed by atoms with Gasteiger partial charge < -0.3 is 5.73 Å². The molecule has 3 rings (SSSR count). The lowest BCUT2D eigenvalue weighted by Gasteiger charge is -2.18. The maximum atomic E-state index is 12.4. The van der Waals surface area contributed by atoms with Gasteiger partial charge in [-0.05, 0) is 36.8 Å². The maximum Gasteiger partial charge on any atom is 0.240 e. The molecule has 2 aliphatic rings. The second kappa shape index (κ2) is 6.72. The predicted molar refractivity (Wildman–Crippen MR) is 91.2 cm³/mol. The average Bonchev–Trinajstić information content (AvgIpc) is 3.11. The number of sulfonamides is 2. The summed E-state index contributed by atoms with van der Waals surface area (Å²) in [5, 5.41) is 0. The van der Waals surface area contributed by atoms with Crippen molar-refractivity contribution >= 4 is 20.0 Å². The van der Waals surface area contributed by atoms with Gasteiger partial charge in [0.05, 0.1) is 10.6 Å². The Morgan fingerprint density at radius 3 is 2.46 bits per heavy atom. The van der Waals surface area contributed by atoms with Gasteiger partial charge >= 0.3 is 0 Å². The third-order valence-electron chi connectivity index (χ3n) is 4.98. The molecule has 0 bridgehead atoms. The van der Waals surface area contributed by atoms with Gasteiger partial charge in [0.1, 0.15) is 0 Å². The van der Waals surface area contributed by atoms with Gasteiger partial charge in [-0.15, -0.1) is 0 Å². The molecule has 0 radical (unpaired) electrons. The Labute approximate surface area is 143 Å². The molecule has 7 nitrogen and oxygen atoms in total. The second-order valence-electron chi connectivity index (χ2n) is 6.51. The Hall–Kier alpha value is -1.00. The van der Waals surface area contributed by atoms with E-state index in [1.807, 2.05) is 0 Å². The van der Waals surface area contributed by atoms with Crippen LogP contribution in [0.3, 0.4) is 0 Å². The van der Waals surface area contributed by atoms with Crippen molar-refractivity contribution < 1.29 is 16.8 Å². The van der Waals surface area contributed by atoms with Crippen molar-refractivity contribution in [3.05, 3.63) is 30.3 Å². The summed E-state index contributed by atoms with van der Waals surface area (Å²) in [5.41, 5.74) is 6.03. The first-order valence-corrected chi connectivity index (χ1v) is 11.2. The first-order chi connectivity index (χ1) is 11.3. The molecule has 1 saturated carbocycles. The molecule has 1 aromatic carbocycles. The Balaban J connectivity index is 1.57. The summed E-state index contributed by atoms with van der Waals surface area (Å²) in [6.45, 7) is 0.823. The smallest absolute Gasteiger partial charge is 0.240 e. The topological polar surface area (TPSA) is 110 Å². The standard InChI is InChI=1S/C15H23N3O4S2/c16-15-7-6-12-10-18(11-14(12)15)23(19,20)9-8-17-24(21,22)13-4-2-1-3-5-13/h1-5,12,14-15,17H,6-11,16H2. The van der Waals surface area contributed by atoms with Crippen LogP contribution in [0.2, 0.25) is 0 Å². The minimum atomic E-state index is -3.68. The van der Waals surface area contributed by atoms with E-state index in [0.717, 1.165) is 12.8 Å². The molecule has 0 spiro atoms. The van der Waals surface area contributed by atoms with Gasteiger partial charge in [0.15, 0.2) is 0 Å². The van der Waals surface area contributed by atoms with Crippen molar-refractivity contribution in [3.63, 3.8) is 0 Å². The fraction of sp³-hybridized carbons (Fsp3) is 0.600. The zero-order valence-corrected chi connectivity index (χ0v) is 15.0. The van der Waals surface area contributed by atoms with Crippen molar-refractivity contribution in [1.29, 1.82) is 0 Å². The molecule has 24 heavy (non-hydrogen) atoms. The maximum absolute atomic E-state index is 12.4. The Morgan fingerprint density at radius 2 is 1.79 bits per heavy atom. The minimum absolute atomic E-state index is 0.0757. The number of rotatable bonds is 6. The van der Waals surface area contributed by atoms with Gasteiger partial charge in [0, 0.05) is 25.7 Å². The molecular weight excluding hydrogens is 350 g/mol. The van der Waals surface area contributed by atoms with Crippen LogP contribution in [0.25, 0.3) is 0 Å². The lowest BCUT2D eigenvalue weighted by molar-refractivity contribution is 0.427. The summed E-state index contributed by atoms with van der Waals surface area (Å²) >= 11 is 0. The van der Waals surface area contributed by atoms with Crippen LogP contribution in [0, 0.1) is 11.8 Å². The van der Waals surface area contributed by atoms with E-state index in [0.29, 0.717) is 19.0 Å². The van der Waals surface area contributed by atoms with Crippen LogP contribution in [0.15, 0.2) is 35.2 Å². The van der Waals surface area contributed by atoms with E-state index in [9.17, 15) is 16.8 Å². The van der Waals surface area contributed by atoms with E-state index in [1.165, 1.54) is 16.4 Å². The monoisotopic (exact) mass is 373 g/mol. The van der Waals surface area contributed by atoms with Crippen molar-refractivity contribution in [2.75, 3.05) is 25.4 Å². The molecule has 134 valence electrons. The predicted octanol–water partition coefficient (Wildman–Crippen LogP) is -0.0362. The Kier molecular flexibility index (Phi) is 4.99. The Morgan fingerprint density at radius 1 is 1.08 bits per heavy atom. The molecule has 1 saturated heterocycles. The zero-order chi connectivity index (χ0) is 17.4. The fourth-order valence-corrected chi connectivity index (χ4v) is 6.23. The van der Waals surface area contributed by atoms with Gasteiger partial charge in [-0.25, -0.2) is 25.9 Å². The van der Waals surface area contributed by atoms with Gasteiger partial charge in [-0.2, -0.15) is 0 Å². The van der Waals surface area contributed by atoms with Crippen LogP contribution in [-0.4, -0.2) is 52.6 Å². The highest BCUT2D eigenvalue weighted by Crippen LogP contribution is 2.38. The number of hydrogen-bond donors (Lipinski definition) is 2. The van der Waals surface area contributed by atoms with Gasteiger partial charge in [0.25, 0.3) is 0 Å². The van der Waals surface area contributed by atoms with E-state index in [-0.39, 0.29) is 29.2 Å². The molecule has 3 unspecified atom stereocenters. The number of nitrogens with one attached hydrogen (secondary N) is 1. The van der Waals surface area contributed by atoms with Crippen LogP contribution < -0.4 is 10.5 Å². The number of nitrogens with zero attached hydrogens (tertiary/aromatic N) is 1. The van der Waals surface area contributed by atoms with E-state index < -0.39 is 20.0 Å². The van der Waals surface area contributed by atoms with Crippen LogP contribution in [0.4, 0.5) is 0 Å². The SMILES string of the molecule is NC1CCC2CN(S(=O)(=O)CCNS(=O)(=O)c3ccccc3)CC12. The highest BCUT2D eigenvalue weighted by molar-refractivity contribution is 7.90. The second-order valence-corrected chi connectivity index (χ2v) is 10.4. The number of hydrogen-bond acceptors (Lipinski definition) is 5. The molecule has 2 fully saturated rings. The molecule has 0 amide bonds. The average molecular weight is 374 g/mol. The van der Waals surface area contributed by atoms with E-state index >= 15 is 0 Å². The first kappa shape index (κ1) is 17.8. The zero-order valence-electron chi connectivity index (χ0n) is 13.3. The van der Waals surface area contributed by atoms with Crippen molar-refractivity contribution in [3.8, 4) is 0 Å². The normalized spacial score (nSPS) is 28.1. The van der Waals surface area contributed by atoms with Gasteiger partial charge in [-0.1, -0.05) is 18.2 Å². The molecule has 9 heteroatoms. The highest BCUT2D eigenvalue weighted by atomic mass is 32.2. The number of benzene rings is 1. The molecule has 3 N–H and O–H groups in total. The van der Waals surface area contributed by atoms with Gasteiger partial charge in [0.2, 0.25) is 20.0 Å².